The fourth-order valence-corrected chi connectivity index (χ4v) is 2.38. The van der Waals surface area contributed by atoms with Gasteiger partial charge in [-0.3, -0.25) is 0 Å². The van der Waals surface area contributed by atoms with E-state index in [4.69, 9.17) is 22.4 Å². The molecule has 7 heteroatoms. The standard InChI is InChI=1S/C13H16ClN3O3/c14-9-1-2-11(10(5-9)12(18)19)16-13(20)17-4-3-8(6-15)7-17/h1-2,5,8H,3-4,6-7,15H2,(H,16,20)(H,18,19). The van der Waals surface area contributed by atoms with Gasteiger partial charge < -0.3 is 21.1 Å². The fraction of sp³-hybridized carbons (Fsp3) is 0.385. The molecule has 1 aromatic carbocycles. The highest BCUT2D eigenvalue weighted by atomic mass is 35.5. The molecule has 0 aromatic heterocycles. The molecule has 1 saturated heterocycles. The van der Waals surface area contributed by atoms with Crippen LogP contribution in [0.5, 0.6) is 0 Å². The SMILES string of the molecule is NCC1CCN(C(=O)Nc2ccc(Cl)cc2C(=O)O)C1. The number of nitrogens with two attached hydrogens (primary N) is 1. The van der Waals surface area contributed by atoms with Gasteiger partial charge >= 0.3 is 12.0 Å². The van der Waals surface area contributed by atoms with Crippen LogP contribution in [0.25, 0.3) is 0 Å². The molecule has 1 atom stereocenters. The Bertz CT molecular complexity index is 536. The molecule has 1 aliphatic rings. The molecule has 0 bridgehead atoms. The van der Waals surface area contributed by atoms with Crippen molar-refractivity contribution in [2.75, 3.05) is 25.0 Å². The van der Waals surface area contributed by atoms with E-state index in [0.717, 1.165) is 6.42 Å². The number of aromatic carboxylic acids is 1. The second-order valence-corrected chi connectivity index (χ2v) is 5.20. The van der Waals surface area contributed by atoms with Gasteiger partial charge in [-0.1, -0.05) is 11.6 Å². The second-order valence-electron chi connectivity index (χ2n) is 4.76. The van der Waals surface area contributed by atoms with Crippen molar-refractivity contribution in [2.45, 2.75) is 6.42 Å². The van der Waals surface area contributed by atoms with Crippen LogP contribution < -0.4 is 11.1 Å². The largest absolute Gasteiger partial charge is 0.478 e. The van der Waals surface area contributed by atoms with Crippen molar-refractivity contribution >= 4 is 29.3 Å². The van der Waals surface area contributed by atoms with E-state index in [1.807, 2.05) is 0 Å². The van der Waals surface area contributed by atoms with Gasteiger partial charge in [0.05, 0.1) is 11.3 Å². The van der Waals surface area contributed by atoms with Gasteiger partial charge in [0.1, 0.15) is 0 Å². The summed E-state index contributed by atoms with van der Waals surface area (Å²) >= 11 is 5.76. The van der Waals surface area contributed by atoms with Gasteiger partial charge in [-0.15, -0.1) is 0 Å². The third kappa shape index (κ3) is 3.20. The number of urea groups is 1. The van der Waals surface area contributed by atoms with Gasteiger partial charge in [0.2, 0.25) is 0 Å². The molecule has 1 fully saturated rings. The molecule has 108 valence electrons. The minimum Gasteiger partial charge on any atom is -0.478 e. The quantitative estimate of drug-likeness (QED) is 0.793. The first-order chi connectivity index (χ1) is 9.51. The maximum atomic E-state index is 12.1. The molecule has 0 radical (unpaired) electrons. The number of carboxylic acid groups (broad SMARTS) is 1. The first kappa shape index (κ1) is 14.6. The molecule has 1 aliphatic heterocycles. The Labute approximate surface area is 121 Å². The number of anilines is 1. The lowest BCUT2D eigenvalue weighted by Gasteiger charge is -2.18. The van der Waals surface area contributed by atoms with E-state index < -0.39 is 5.97 Å². The average molecular weight is 298 g/mol. The maximum absolute atomic E-state index is 12.1. The maximum Gasteiger partial charge on any atom is 0.337 e. The minimum atomic E-state index is -1.14. The lowest BCUT2D eigenvalue weighted by molar-refractivity contribution is 0.0698. The van der Waals surface area contributed by atoms with E-state index in [0.29, 0.717) is 30.6 Å². The molecule has 2 amide bonds. The Kier molecular flexibility index (Phi) is 4.46. The number of hydrogen-bond donors (Lipinski definition) is 3. The summed E-state index contributed by atoms with van der Waals surface area (Å²) in [5.41, 5.74) is 5.79. The number of carboxylic acids is 1. The molecule has 0 aliphatic carbocycles. The monoisotopic (exact) mass is 297 g/mol. The minimum absolute atomic E-state index is 0.0274. The predicted octanol–water partition coefficient (Wildman–Crippen LogP) is 1.85. The molecule has 0 saturated carbocycles. The third-order valence-electron chi connectivity index (χ3n) is 3.36. The number of nitrogens with one attached hydrogen (secondary N) is 1. The molecular weight excluding hydrogens is 282 g/mol. The Morgan fingerprint density at radius 2 is 2.25 bits per heavy atom. The molecule has 4 N–H and O–H groups in total. The van der Waals surface area contributed by atoms with Gasteiger partial charge in [-0.25, -0.2) is 9.59 Å². The first-order valence-corrected chi connectivity index (χ1v) is 6.68. The lowest BCUT2D eigenvalue weighted by Crippen LogP contribution is -2.34. The summed E-state index contributed by atoms with van der Waals surface area (Å²) in [6, 6.07) is 4.02. The van der Waals surface area contributed by atoms with Gasteiger partial charge in [0.15, 0.2) is 0 Å². The molecule has 0 spiro atoms. The molecule has 20 heavy (non-hydrogen) atoms. The number of hydrogen-bond acceptors (Lipinski definition) is 3. The van der Waals surface area contributed by atoms with Crippen LogP contribution in [0.2, 0.25) is 5.02 Å². The topological polar surface area (TPSA) is 95.7 Å². The summed E-state index contributed by atoms with van der Waals surface area (Å²) in [6.07, 6.45) is 0.871. The van der Waals surface area contributed by atoms with Crippen molar-refractivity contribution in [1.29, 1.82) is 0 Å². The van der Waals surface area contributed by atoms with Crippen molar-refractivity contribution in [1.82, 2.24) is 4.90 Å². The highest BCUT2D eigenvalue weighted by molar-refractivity contribution is 6.31. The number of nitrogens with zero attached hydrogens (tertiary/aromatic N) is 1. The lowest BCUT2D eigenvalue weighted by atomic mass is 10.1. The van der Waals surface area contributed by atoms with E-state index in [1.54, 1.807) is 4.90 Å². The Balaban J connectivity index is 2.10. The summed E-state index contributed by atoms with van der Waals surface area (Å²) < 4.78 is 0. The van der Waals surface area contributed by atoms with Crippen LogP contribution in [0.1, 0.15) is 16.8 Å². The van der Waals surface area contributed by atoms with Crippen LogP contribution in [0, 0.1) is 5.92 Å². The number of benzene rings is 1. The highest BCUT2D eigenvalue weighted by Crippen LogP contribution is 2.22. The van der Waals surface area contributed by atoms with E-state index in [-0.39, 0.29) is 17.3 Å². The van der Waals surface area contributed by atoms with Crippen molar-refractivity contribution in [2.24, 2.45) is 11.7 Å². The normalized spacial score (nSPS) is 18.1. The fourth-order valence-electron chi connectivity index (χ4n) is 2.21. The number of halogens is 1. The van der Waals surface area contributed by atoms with Crippen molar-refractivity contribution in [3.63, 3.8) is 0 Å². The van der Waals surface area contributed by atoms with E-state index in [9.17, 15) is 9.59 Å². The molecule has 1 heterocycles. The third-order valence-corrected chi connectivity index (χ3v) is 3.60. The van der Waals surface area contributed by atoms with Gasteiger partial charge in [0.25, 0.3) is 0 Å². The second kappa shape index (κ2) is 6.11. The number of likely N-dealkylation sites (tertiary alicyclic amines) is 1. The summed E-state index contributed by atoms with van der Waals surface area (Å²) in [5.74, 6) is -0.825. The molecule has 1 aromatic rings. The zero-order valence-electron chi connectivity index (χ0n) is 10.8. The van der Waals surface area contributed by atoms with Crippen molar-refractivity contribution in [3.05, 3.63) is 28.8 Å². The average Bonchev–Trinajstić information content (AvgIpc) is 2.89. The smallest absolute Gasteiger partial charge is 0.337 e. The number of rotatable bonds is 3. The van der Waals surface area contributed by atoms with E-state index in [2.05, 4.69) is 5.32 Å². The van der Waals surface area contributed by atoms with Crippen LogP contribution in [0.3, 0.4) is 0 Å². The molecular formula is C13H16ClN3O3. The van der Waals surface area contributed by atoms with Gasteiger partial charge in [0, 0.05) is 18.1 Å². The number of carbonyl (C=O) groups is 2. The molecule has 1 unspecified atom stereocenters. The van der Waals surface area contributed by atoms with Gasteiger partial charge in [-0.05, 0) is 37.1 Å². The predicted molar refractivity (Wildman–Crippen MR) is 76.2 cm³/mol. The zero-order chi connectivity index (χ0) is 14.7. The first-order valence-electron chi connectivity index (χ1n) is 6.30. The summed E-state index contributed by atoms with van der Waals surface area (Å²) in [4.78, 5) is 24.9. The van der Waals surface area contributed by atoms with Crippen LogP contribution in [-0.4, -0.2) is 41.6 Å². The Morgan fingerprint density at radius 3 is 2.85 bits per heavy atom. The number of carbonyl (C=O) groups excluding carboxylic acids is 1. The zero-order valence-corrected chi connectivity index (χ0v) is 11.6. The number of amides is 2. The van der Waals surface area contributed by atoms with Crippen molar-refractivity contribution < 1.29 is 14.7 Å². The summed E-state index contributed by atoms with van der Waals surface area (Å²) in [7, 11) is 0. The van der Waals surface area contributed by atoms with Crippen LogP contribution in [0.15, 0.2) is 18.2 Å². The van der Waals surface area contributed by atoms with Crippen molar-refractivity contribution in [3.8, 4) is 0 Å². The van der Waals surface area contributed by atoms with Crippen LogP contribution in [0.4, 0.5) is 10.5 Å². The van der Waals surface area contributed by atoms with E-state index in [1.165, 1.54) is 18.2 Å². The summed E-state index contributed by atoms with van der Waals surface area (Å²) in [6.45, 7) is 1.77. The Hall–Kier alpha value is -1.79. The van der Waals surface area contributed by atoms with E-state index >= 15 is 0 Å². The molecule has 2 rings (SSSR count). The van der Waals surface area contributed by atoms with Crippen LogP contribution in [-0.2, 0) is 0 Å². The molecule has 6 nitrogen and oxygen atoms in total. The van der Waals surface area contributed by atoms with Gasteiger partial charge in [-0.2, -0.15) is 0 Å². The van der Waals surface area contributed by atoms with Crippen LogP contribution >= 0.6 is 11.6 Å². The highest BCUT2D eigenvalue weighted by Gasteiger charge is 2.26. The summed E-state index contributed by atoms with van der Waals surface area (Å²) in [5, 5.41) is 12.0. The Morgan fingerprint density at radius 1 is 1.50 bits per heavy atom.